The van der Waals surface area contributed by atoms with Crippen LogP contribution >= 0.6 is 0 Å². The third kappa shape index (κ3) is 5.52. The van der Waals surface area contributed by atoms with Crippen LogP contribution in [0.15, 0.2) is 85.1 Å². The molecule has 0 unspecified atom stereocenters. The largest absolute Gasteiger partial charge is 0.478 e. The van der Waals surface area contributed by atoms with Crippen LogP contribution in [0.5, 0.6) is 0 Å². The van der Waals surface area contributed by atoms with Gasteiger partial charge in [-0.2, -0.15) is 0 Å². The maximum absolute atomic E-state index is 13.5. The molecule has 0 saturated heterocycles. The quantitative estimate of drug-likeness (QED) is 0.149. The summed E-state index contributed by atoms with van der Waals surface area (Å²) in [6.45, 7) is 2.54. The molecule has 5 N–H and O–H groups in total. The van der Waals surface area contributed by atoms with E-state index in [1.807, 2.05) is 61.5 Å². The van der Waals surface area contributed by atoms with E-state index in [1.165, 1.54) is 18.3 Å². The molecule has 0 aliphatic rings. The van der Waals surface area contributed by atoms with Crippen molar-refractivity contribution in [1.82, 2.24) is 15.3 Å². The number of aliphatic hydroxyl groups excluding tert-OH is 1. The molecule has 0 amide bonds. The fourth-order valence-electron chi connectivity index (χ4n) is 4.83. The maximum atomic E-state index is 13.5. The maximum Gasteiger partial charge on any atom is 0.339 e. The Morgan fingerprint density at radius 2 is 1.82 bits per heavy atom. The molecule has 0 spiro atoms. The van der Waals surface area contributed by atoms with E-state index in [0.717, 1.165) is 27.9 Å². The van der Waals surface area contributed by atoms with Crippen LogP contribution in [0.2, 0.25) is 0 Å². The van der Waals surface area contributed by atoms with Crippen LogP contribution in [0.4, 0.5) is 15.8 Å². The topological polar surface area (TPSA) is 110 Å². The van der Waals surface area contributed by atoms with Crippen LogP contribution < -0.4 is 10.6 Å². The molecule has 2 heterocycles. The average Bonchev–Trinajstić information content (AvgIpc) is 3.39. The van der Waals surface area contributed by atoms with Crippen molar-refractivity contribution < 1.29 is 19.4 Å². The zero-order chi connectivity index (χ0) is 27.4. The summed E-state index contributed by atoms with van der Waals surface area (Å²) in [7, 11) is 0. The molecule has 0 radical (unpaired) electrons. The van der Waals surface area contributed by atoms with Gasteiger partial charge in [0.15, 0.2) is 0 Å². The number of aromatic amines is 1. The van der Waals surface area contributed by atoms with Crippen LogP contribution in [0.1, 0.15) is 40.0 Å². The van der Waals surface area contributed by atoms with Gasteiger partial charge < -0.3 is 25.8 Å². The average molecular weight is 525 g/mol. The fraction of sp³-hybridized carbons (Fsp3) is 0.161. The molecule has 0 saturated carbocycles. The first-order valence-electron chi connectivity index (χ1n) is 12.8. The number of rotatable bonds is 10. The first kappa shape index (κ1) is 26.1. The number of benzene rings is 3. The second-order valence-electron chi connectivity index (χ2n) is 9.25. The molecule has 5 rings (SSSR count). The number of pyridine rings is 1. The van der Waals surface area contributed by atoms with Gasteiger partial charge in [0.1, 0.15) is 17.0 Å². The Labute approximate surface area is 225 Å². The SMILES string of the molecule is CCc1c(CN[C@H](CO)c2ccccc2)cccc1Nc1c(C(=O)O)cnc2[nH]c(-c3ccc(F)cc3)cc12. The summed E-state index contributed by atoms with van der Waals surface area (Å²) in [5, 5.41) is 27.4. The number of anilines is 2. The summed E-state index contributed by atoms with van der Waals surface area (Å²) < 4.78 is 13.5. The molecule has 5 aromatic rings. The molecule has 198 valence electrons. The Hall–Kier alpha value is -4.53. The highest BCUT2D eigenvalue weighted by atomic mass is 19.1. The molecule has 7 nitrogen and oxygen atoms in total. The molecule has 2 aromatic heterocycles. The van der Waals surface area contributed by atoms with Gasteiger partial charge in [0.2, 0.25) is 0 Å². The number of aromatic carboxylic acids is 1. The van der Waals surface area contributed by atoms with E-state index in [1.54, 1.807) is 12.1 Å². The number of fused-ring (bicyclic) bond motifs is 1. The van der Waals surface area contributed by atoms with Crippen molar-refractivity contribution in [3.63, 3.8) is 0 Å². The zero-order valence-electron chi connectivity index (χ0n) is 21.4. The number of carbonyl (C=O) groups is 1. The van der Waals surface area contributed by atoms with Gasteiger partial charge in [0.25, 0.3) is 0 Å². The molecule has 0 bridgehead atoms. The van der Waals surface area contributed by atoms with Crippen LogP contribution in [0.3, 0.4) is 0 Å². The van der Waals surface area contributed by atoms with E-state index in [9.17, 15) is 19.4 Å². The number of hydrogen-bond donors (Lipinski definition) is 5. The van der Waals surface area contributed by atoms with E-state index in [4.69, 9.17) is 0 Å². The third-order valence-corrected chi connectivity index (χ3v) is 6.85. The number of hydrogen-bond acceptors (Lipinski definition) is 5. The summed E-state index contributed by atoms with van der Waals surface area (Å²) in [5.74, 6) is -1.43. The molecule has 0 aliphatic carbocycles. The number of nitrogens with zero attached hydrogens (tertiary/aromatic N) is 1. The summed E-state index contributed by atoms with van der Waals surface area (Å²) in [5.41, 5.74) is 6.32. The van der Waals surface area contributed by atoms with Gasteiger partial charge in [-0.25, -0.2) is 14.2 Å². The lowest BCUT2D eigenvalue weighted by Crippen LogP contribution is -2.24. The summed E-state index contributed by atoms with van der Waals surface area (Å²) >= 11 is 0. The Kier molecular flexibility index (Phi) is 7.67. The molecule has 0 aliphatic heterocycles. The van der Waals surface area contributed by atoms with Crippen molar-refractivity contribution in [3.05, 3.63) is 113 Å². The van der Waals surface area contributed by atoms with Crippen molar-refractivity contribution in [2.24, 2.45) is 0 Å². The lowest BCUT2D eigenvalue weighted by Gasteiger charge is -2.20. The molecular formula is C31H29FN4O3. The molecule has 8 heteroatoms. The van der Waals surface area contributed by atoms with Crippen molar-refractivity contribution in [1.29, 1.82) is 0 Å². The van der Waals surface area contributed by atoms with Gasteiger partial charge in [-0.3, -0.25) is 0 Å². The normalized spacial score (nSPS) is 12.0. The molecule has 1 atom stereocenters. The van der Waals surface area contributed by atoms with Crippen molar-refractivity contribution in [3.8, 4) is 11.3 Å². The van der Waals surface area contributed by atoms with E-state index in [2.05, 4.69) is 20.6 Å². The lowest BCUT2D eigenvalue weighted by atomic mass is 10.0. The van der Waals surface area contributed by atoms with Gasteiger partial charge >= 0.3 is 5.97 Å². The van der Waals surface area contributed by atoms with Gasteiger partial charge in [-0.05, 0) is 65.1 Å². The summed E-state index contributed by atoms with van der Waals surface area (Å²) in [6, 6.07) is 23.3. The Balaban J connectivity index is 1.50. The third-order valence-electron chi connectivity index (χ3n) is 6.85. The smallest absolute Gasteiger partial charge is 0.339 e. The monoisotopic (exact) mass is 524 g/mol. The van der Waals surface area contributed by atoms with Gasteiger partial charge in [0, 0.05) is 29.5 Å². The predicted octanol–water partition coefficient (Wildman–Crippen LogP) is 6.20. The summed E-state index contributed by atoms with van der Waals surface area (Å²) in [4.78, 5) is 19.7. The number of aliphatic hydroxyl groups is 1. The Morgan fingerprint density at radius 1 is 1.05 bits per heavy atom. The van der Waals surface area contributed by atoms with E-state index < -0.39 is 5.97 Å². The second-order valence-corrected chi connectivity index (χ2v) is 9.25. The van der Waals surface area contributed by atoms with Crippen molar-refractivity contribution in [2.45, 2.75) is 25.9 Å². The standard InChI is InChI=1S/C31H29FN4O3/c1-2-23-21(16-33-28(18-37)19-7-4-3-5-8-19)9-6-10-26(23)35-29-24-15-27(20-11-13-22(32)14-12-20)36-30(24)34-17-25(29)31(38)39/h3-15,17,28,33,37H,2,16,18H2,1H3,(H,38,39)(H2,34,35,36)/t28-/m1/s1. The summed E-state index contributed by atoms with van der Waals surface area (Å²) in [6.07, 6.45) is 2.04. The van der Waals surface area contributed by atoms with E-state index >= 15 is 0 Å². The van der Waals surface area contributed by atoms with Gasteiger partial charge in [-0.1, -0.05) is 49.4 Å². The number of halogens is 1. The molecular weight excluding hydrogens is 495 g/mol. The Bertz CT molecular complexity index is 1600. The number of carboxylic acid groups (broad SMARTS) is 1. The lowest BCUT2D eigenvalue weighted by molar-refractivity contribution is 0.0697. The molecule has 39 heavy (non-hydrogen) atoms. The first-order chi connectivity index (χ1) is 19.0. The minimum Gasteiger partial charge on any atom is -0.478 e. The minimum atomic E-state index is -1.10. The second kappa shape index (κ2) is 11.5. The van der Waals surface area contributed by atoms with Gasteiger partial charge in [-0.15, -0.1) is 0 Å². The van der Waals surface area contributed by atoms with Crippen LogP contribution in [0.25, 0.3) is 22.3 Å². The number of H-pyrrole nitrogens is 1. The van der Waals surface area contributed by atoms with Crippen molar-refractivity contribution in [2.75, 3.05) is 11.9 Å². The molecule has 3 aromatic carbocycles. The first-order valence-corrected chi connectivity index (χ1v) is 12.8. The van der Waals surface area contributed by atoms with Crippen LogP contribution in [-0.2, 0) is 13.0 Å². The van der Waals surface area contributed by atoms with Crippen LogP contribution in [-0.4, -0.2) is 32.8 Å². The highest BCUT2D eigenvalue weighted by molar-refractivity contribution is 6.06. The number of carboxylic acids is 1. The number of aromatic nitrogens is 2. The van der Waals surface area contributed by atoms with E-state index in [0.29, 0.717) is 35.4 Å². The predicted molar refractivity (Wildman–Crippen MR) is 151 cm³/mol. The highest BCUT2D eigenvalue weighted by Gasteiger charge is 2.19. The van der Waals surface area contributed by atoms with E-state index in [-0.39, 0.29) is 24.0 Å². The zero-order valence-corrected chi connectivity index (χ0v) is 21.4. The number of nitrogens with one attached hydrogen (secondary N) is 3. The molecule has 0 fully saturated rings. The van der Waals surface area contributed by atoms with Gasteiger partial charge in [0.05, 0.1) is 18.3 Å². The fourth-order valence-corrected chi connectivity index (χ4v) is 4.83. The minimum absolute atomic E-state index is 0.0374. The highest BCUT2D eigenvalue weighted by Crippen LogP contribution is 2.34. The van der Waals surface area contributed by atoms with Crippen LogP contribution in [0, 0.1) is 5.82 Å². The van der Waals surface area contributed by atoms with Crippen molar-refractivity contribution >= 4 is 28.4 Å². The Morgan fingerprint density at radius 3 is 2.51 bits per heavy atom.